The summed E-state index contributed by atoms with van der Waals surface area (Å²) in [6.07, 6.45) is -0.465. The molecule has 1 aliphatic carbocycles. The van der Waals surface area contributed by atoms with Crippen LogP contribution < -0.4 is 0 Å². The van der Waals surface area contributed by atoms with Crippen molar-refractivity contribution in [1.29, 1.82) is 0 Å². The molecule has 1 saturated heterocycles. The van der Waals surface area contributed by atoms with Crippen LogP contribution in [0.25, 0.3) is 10.8 Å². The van der Waals surface area contributed by atoms with Gasteiger partial charge < -0.3 is 4.74 Å². The smallest absolute Gasteiger partial charge is 0.230 e. The number of hydrogen-bond acceptors (Lipinski definition) is 3. The van der Waals surface area contributed by atoms with E-state index in [1.807, 2.05) is 65.0 Å². The minimum Gasteiger partial charge on any atom is -0.369 e. The molecule has 3 atom stereocenters. The van der Waals surface area contributed by atoms with Crippen molar-refractivity contribution in [3.63, 3.8) is 0 Å². The summed E-state index contributed by atoms with van der Waals surface area (Å²) in [5.41, 5.74) is 1.28. The van der Waals surface area contributed by atoms with E-state index < -0.39 is 10.8 Å². The molecule has 3 nitrogen and oxygen atoms in total. The quantitative estimate of drug-likeness (QED) is 0.675. The second kappa shape index (κ2) is 4.54. The summed E-state index contributed by atoms with van der Waals surface area (Å²) in [4.78, 5) is 26.2. The molecule has 3 heteroatoms. The summed E-state index contributed by atoms with van der Waals surface area (Å²) in [5.74, 6) is -0.686. The summed E-state index contributed by atoms with van der Waals surface area (Å²) < 4.78 is 6.26. The maximum absolute atomic E-state index is 13.2. The molecule has 0 N–H and O–H groups in total. The van der Waals surface area contributed by atoms with Gasteiger partial charge in [-0.1, -0.05) is 44.2 Å². The minimum atomic E-state index is -0.828. The maximum Gasteiger partial charge on any atom is 0.230 e. The van der Waals surface area contributed by atoms with Crippen LogP contribution in [0.5, 0.6) is 0 Å². The molecule has 2 aliphatic rings. The molecule has 0 radical (unpaired) electrons. The Balaban J connectivity index is 2.11. The van der Waals surface area contributed by atoms with Crippen LogP contribution in [0.15, 0.2) is 30.3 Å². The fourth-order valence-corrected chi connectivity index (χ4v) is 4.46. The largest absolute Gasteiger partial charge is 0.369 e. The highest BCUT2D eigenvalue weighted by atomic mass is 16.5. The maximum atomic E-state index is 13.2. The van der Waals surface area contributed by atoms with E-state index >= 15 is 0 Å². The van der Waals surface area contributed by atoms with Crippen LogP contribution in [-0.4, -0.2) is 17.7 Å². The summed E-state index contributed by atoms with van der Waals surface area (Å²) >= 11 is 0. The van der Waals surface area contributed by atoms with Crippen LogP contribution in [0, 0.1) is 17.8 Å². The molecule has 1 heterocycles. The third-order valence-corrected chi connectivity index (χ3v) is 6.69. The van der Waals surface area contributed by atoms with Crippen LogP contribution in [0.3, 0.4) is 0 Å². The molecule has 0 spiro atoms. The monoisotopic (exact) mass is 322 g/mol. The van der Waals surface area contributed by atoms with E-state index in [1.54, 1.807) is 0 Å². The molecule has 1 aliphatic heterocycles. The Bertz CT molecular complexity index is 909. The van der Waals surface area contributed by atoms with E-state index in [0.717, 1.165) is 21.9 Å². The van der Waals surface area contributed by atoms with E-state index in [4.69, 9.17) is 4.74 Å². The number of rotatable bonds is 0. The van der Waals surface area contributed by atoms with Gasteiger partial charge in [0.2, 0.25) is 11.6 Å². The van der Waals surface area contributed by atoms with Crippen molar-refractivity contribution in [1.82, 2.24) is 0 Å². The predicted octanol–water partition coefficient (Wildman–Crippen LogP) is 4.41. The molecule has 3 unspecified atom stereocenters. The van der Waals surface area contributed by atoms with Gasteiger partial charge in [-0.05, 0) is 42.7 Å². The van der Waals surface area contributed by atoms with Gasteiger partial charge in [0.05, 0.1) is 17.6 Å². The number of carbonyl (C=O) groups excluding carboxylic acids is 2. The normalized spacial score (nSPS) is 31.2. The van der Waals surface area contributed by atoms with Crippen molar-refractivity contribution in [2.24, 2.45) is 10.8 Å². The average molecular weight is 322 g/mol. The van der Waals surface area contributed by atoms with E-state index in [1.165, 1.54) is 0 Å². The van der Waals surface area contributed by atoms with Crippen molar-refractivity contribution in [2.45, 2.75) is 46.8 Å². The Morgan fingerprint density at radius 1 is 1.04 bits per heavy atom. The fourth-order valence-electron chi connectivity index (χ4n) is 4.46. The molecule has 0 aromatic heterocycles. The lowest BCUT2D eigenvalue weighted by molar-refractivity contribution is -0.131. The third-order valence-electron chi connectivity index (χ3n) is 6.69. The number of ketones is 2. The molecule has 124 valence electrons. The Morgan fingerprint density at radius 2 is 1.67 bits per heavy atom. The highest BCUT2D eigenvalue weighted by Gasteiger charge is 2.65. The van der Waals surface area contributed by atoms with Crippen LogP contribution in [0.4, 0.5) is 0 Å². The number of carbonyl (C=O) groups is 2. The summed E-state index contributed by atoms with van der Waals surface area (Å²) in [7, 11) is 0. The molecule has 4 rings (SSSR count). The van der Waals surface area contributed by atoms with Gasteiger partial charge in [0.15, 0.2) is 0 Å². The minimum absolute atomic E-state index is 0.0954. The third kappa shape index (κ3) is 1.56. The van der Waals surface area contributed by atoms with E-state index in [2.05, 4.69) is 0 Å². The molecule has 0 bridgehead atoms. The van der Waals surface area contributed by atoms with E-state index in [-0.39, 0.29) is 23.8 Å². The highest BCUT2D eigenvalue weighted by molar-refractivity contribution is 6.49. The van der Waals surface area contributed by atoms with Crippen LogP contribution in [0.2, 0.25) is 0 Å². The number of benzene rings is 2. The van der Waals surface area contributed by atoms with E-state index in [0.29, 0.717) is 5.56 Å². The van der Waals surface area contributed by atoms with Gasteiger partial charge >= 0.3 is 0 Å². The van der Waals surface area contributed by atoms with Gasteiger partial charge in [0.1, 0.15) is 0 Å². The average Bonchev–Trinajstić information content (AvgIpc) is 2.74. The van der Waals surface area contributed by atoms with Gasteiger partial charge in [-0.25, -0.2) is 0 Å². The molecule has 24 heavy (non-hydrogen) atoms. The summed E-state index contributed by atoms with van der Waals surface area (Å²) in [6.45, 7) is 10.00. The molecule has 2 aromatic carbocycles. The van der Waals surface area contributed by atoms with Gasteiger partial charge in [0, 0.05) is 11.0 Å². The number of hydrogen-bond donors (Lipinski definition) is 0. The van der Waals surface area contributed by atoms with Crippen molar-refractivity contribution in [2.75, 3.05) is 0 Å². The van der Waals surface area contributed by atoms with Crippen molar-refractivity contribution in [3.8, 4) is 0 Å². The Hall–Kier alpha value is -2.00. The Morgan fingerprint density at radius 3 is 2.33 bits per heavy atom. The van der Waals surface area contributed by atoms with Gasteiger partial charge in [0.25, 0.3) is 0 Å². The molecule has 0 amide bonds. The van der Waals surface area contributed by atoms with Gasteiger partial charge in [-0.2, -0.15) is 0 Å². The first-order valence-electron chi connectivity index (χ1n) is 8.48. The van der Waals surface area contributed by atoms with Crippen molar-refractivity contribution < 1.29 is 14.3 Å². The molecular formula is C21H22O3. The highest BCUT2D eigenvalue weighted by Crippen LogP contribution is 2.62. The first-order chi connectivity index (χ1) is 11.2. The summed E-state index contributed by atoms with van der Waals surface area (Å²) in [5, 5.41) is 1.88. The predicted molar refractivity (Wildman–Crippen MR) is 93.2 cm³/mol. The topological polar surface area (TPSA) is 43.4 Å². The second-order valence-electron chi connectivity index (χ2n) is 7.94. The summed E-state index contributed by atoms with van der Waals surface area (Å²) in [6, 6.07) is 9.84. The first kappa shape index (κ1) is 15.5. The zero-order valence-electron chi connectivity index (χ0n) is 14.8. The second-order valence-corrected chi connectivity index (χ2v) is 7.94. The zero-order chi connectivity index (χ0) is 17.4. The SMILES string of the molecule is Cc1cc2c(c3ccccc13)C(=O)C(=O)C1(C)C2OC(C)C1(C)C. The van der Waals surface area contributed by atoms with Gasteiger partial charge in [-0.15, -0.1) is 0 Å². The molecule has 0 saturated carbocycles. The fraction of sp³-hybridized carbons (Fsp3) is 0.429. The first-order valence-corrected chi connectivity index (χ1v) is 8.48. The standard InChI is InChI=1S/C21H22O3/c1-11-10-15-16(14-9-7-6-8-13(11)14)17(22)18(23)21(5)19(15)24-12(2)20(21,3)4/h6-10,12,19H,1-5H3. The lowest BCUT2D eigenvalue weighted by atomic mass is 9.56. The van der Waals surface area contributed by atoms with Gasteiger partial charge in [-0.3, -0.25) is 9.59 Å². The molecule has 2 aromatic rings. The van der Waals surface area contributed by atoms with Crippen LogP contribution >= 0.6 is 0 Å². The lowest BCUT2D eigenvalue weighted by Crippen LogP contribution is -2.50. The van der Waals surface area contributed by atoms with Crippen molar-refractivity contribution >= 4 is 22.3 Å². The number of aryl methyl sites for hydroxylation is 1. The zero-order valence-corrected chi connectivity index (χ0v) is 14.8. The van der Waals surface area contributed by atoms with Crippen LogP contribution in [-0.2, 0) is 9.53 Å². The number of fused-ring (bicyclic) bond motifs is 5. The molecule has 1 fully saturated rings. The Labute approximate surface area is 142 Å². The van der Waals surface area contributed by atoms with E-state index in [9.17, 15) is 9.59 Å². The number of ether oxygens (including phenoxy) is 1. The Kier molecular flexibility index (Phi) is 2.94. The van der Waals surface area contributed by atoms with Crippen molar-refractivity contribution in [3.05, 3.63) is 47.0 Å². The number of Topliss-reactive ketones (excluding diaryl/α,β-unsaturated/α-hetero) is 2. The lowest BCUT2D eigenvalue weighted by Gasteiger charge is -2.42. The molecular weight excluding hydrogens is 300 g/mol. The van der Waals surface area contributed by atoms with Crippen LogP contribution in [0.1, 0.15) is 55.3 Å².